The monoisotopic (exact) mass is 235 g/mol. The highest BCUT2D eigenvalue weighted by Gasteiger charge is 2.26. The summed E-state index contributed by atoms with van der Waals surface area (Å²) in [6.45, 7) is 2.23. The number of hydrogen-bond donors (Lipinski definition) is 1. The van der Waals surface area contributed by atoms with Crippen LogP contribution in [0.25, 0.3) is 5.57 Å². The third-order valence-electron chi connectivity index (χ3n) is 3.38. The SMILES string of the molecule is Clc1ccc(C2=C[C@@H]3CNC[C@H](C2)C3)nn1. The molecule has 2 heterocycles. The summed E-state index contributed by atoms with van der Waals surface area (Å²) in [5.41, 5.74) is 2.33. The Hall–Kier alpha value is -0.930. The first-order valence-corrected chi connectivity index (χ1v) is 6.10. The highest BCUT2D eigenvalue weighted by atomic mass is 35.5. The van der Waals surface area contributed by atoms with E-state index in [1.54, 1.807) is 0 Å². The van der Waals surface area contributed by atoms with E-state index >= 15 is 0 Å². The Morgan fingerprint density at radius 2 is 2.19 bits per heavy atom. The van der Waals surface area contributed by atoms with Gasteiger partial charge in [0.15, 0.2) is 5.15 Å². The number of rotatable bonds is 1. The van der Waals surface area contributed by atoms with Gasteiger partial charge in [-0.2, -0.15) is 0 Å². The number of piperidine rings is 1. The maximum absolute atomic E-state index is 5.74. The van der Waals surface area contributed by atoms with Crippen LogP contribution in [-0.4, -0.2) is 23.3 Å². The van der Waals surface area contributed by atoms with Crippen LogP contribution < -0.4 is 5.32 Å². The molecule has 2 bridgehead atoms. The van der Waals surface area contributed by atoms with Crippen LogP contribution in [0.5, 0.6) is 0 Å². The first-order valence-electron chi connectivity index (χ1n) is 5.72. The zero-order chi connectivity index (χ0) is 11.0. The Labute approximate surface area is 99.9 Å². The fraction of sp³-hybridized carbons (Fsp3) is 0.500. The van der Waals surface area contributed by atoms with Crippen molar-refractivity contribution in [3.8, 4) is 0 Å². The van der Waals surface area contributed by atoms with Crippen LogP contribution in [-0.2, 0) is 0 Å². The van der Waals surface area contributed by atoms with Crippen LogP contribution in [0.2, 0.25) is 5.15 Å². The maximum Gasteiger partial charge on any atom is 0.151 e. The highest BCUT2D eigenvalue weighted by molar-refractivity contribution is 6.29. The van der Waals surface area contributed by atoms with E-state index in [-0.39, 0.29) is 0 Å². The summed E-state index contributed by atoms with van der Waals surface area (Å²) < 4.78 is 0. The summed E-state index contributed by atoms with van der Waals surface area (Å²) in [5.74, 6) is 1.43. The number of allylic oxidation sites excluding steroid dienone is 1. The molecule has 1 aromatic rings. The van der Waals surface area contributed by atoms with Crippen molar-refractivity contribution in [2.75, 3.05) is 13.1 Å². The Morgan fingerprint density at radius 1 is 1.25 bits per heavy atom. The van der Waals surface area contributed by atoms with E-state index < -0.39 is 0 Å². The molecule has 3 nitrogen and oxygen atoms in total. The predicted molar refractivity (Wildman–Crippen MR) is 64.1 cm³/mol. The third-order valence-corrected chi connectivity index (χ3v) is 3.58. The van der Waals surface area contributed by atoms with E-state index in [0.717, 1.165) is 31.1 Å². The van der Waals surface area contributed by atoms with E-state index in [1.807, 2.05) is 12.1 Å². The van der Waals surface area contributed by atoms with Crippen LogP contribution in [0.1, 0.15) is 18.5 Å². The summed E-state index contributed by atoms with van der Waals surface area (Å²) in [5, 5.41) is 12.0. The molecule has 0 aromatic carbocycles. The predicted octanol–water partition coefficient (Wildman–Crippen LogP) is 2.14. The lowest BCUT2D eigenvalue weighted by Gasteiger charge is -2.33. The smallest absolute Gasteiger partial charge is 0.151 e. The number of hydrogen-bond acceptors (Lipinski definition) is 3. The molecule has 1 saturated heterocycles. The molecule has 1 fully saturated rings. The van der Waals surface area contributed by atoms with E-state index in [2.05, 4.69) is 21.6 Å². The lowest BCUT2D eigenvalue weighted by Crippen LogP contribution is -2.37. The van der Waals surface area contributed by atoms with Gasteiger partial charge in [0.25, 0.3) is 0 Å². The van der Waals surface area contributed by atoms with E-state index in [0.29, 0.717) is 11.1 Å². The molecule has 2 aliphatic rings. The van der Waals surface area contributed by atoms with Crippen LogP contribution in [0.4, 0.5) is 0 Å². The number of aromatic nitrogens is 2. The third kappa shape index (κ3) is 1.97. The molecular weight excluding hydrogens is 222 g/mol. The largest absolute Gasteiger partial charge is 0.316 e. The van der Waals surface area contributed by atoms with Crippen molar-refractivity contribution in [2.45, 2.75) is 12.8 Å². The topological polar surface area (TPSA) is 37.8 Å². The van der Waals surface area contributed by atoms with Crippen LogP contribution in [0.15, 0.2) is 18.2 Å². The Balaban J connectivity index is 1.89. The molecule has 3 rings (SSSR count). The first-order chi connectivity index (χ1) is 7.81. The van der Waals surface area contributed by atoms with Gasteiger partial charge in [0.2, 0.25) is 0 Å². The molecular formula is C12H14ClN3. The van der Waals surface area contributed by atoms with Crippen molar-refractivity contribution < 1.29 is 0 Å². The van der Waals surface area contributed by atoms with Crippen molar-refractivity contribution in [3.63, 3.8) is 0 Å². The quantitative estimate of drug-likeness (QED) is 0.811. The number of halogens is 1. The lowest BCUT2D eigenvalue weighted by molar-refractivity contribution is 0.316. The lowest BCUT2D eigenvalue weighted by atomic mass is 9.79. The van der Waals surface area contributed by atoms with Gasteiger partial charge in [-0.05, 0) is 48.9 Å². The van der Waals surface area contributed by atoms with Gasteiger partial charge in [0, 0.05) is 6.54 Å². The molecule has 2 atom stereocenters. The molecule has 0 saturated carbocycles. The summed E-state index contributed by atoms with van der Waals surface area (Å²) >= 11 is 5.74. The summed E-state index contributed by atoms with van der Waals surface area (Å²) in [4.78, 5) is 0. The second-order valence-corrected chi connectivity index (χ2v) is 5.04. The number of fused-ring (bicyclic) bond motifs is 2. The van der Waals surface area contributed by atoms with Crippen molar-refractivity contribution in [1.82, 2.24) is 15.5 Å². The summed E-state index contributed by atoms with van der Waals surface area (Å²) in [7, 11) is 0. The molecule has 0 radical (unpaired) electrons. The zero-order valence-corrected chi connectivity index (χ0v) is 9.74. The molecule has 1 aliphatic carbocycles. The molecule has 16 heavy (non-hydrogen) atoms. The van der Waals surface area contributed by atoms with Crippen LogP contribution >= 0.6 is 11.6 Å². The van der Waals surface area contributed by atoms with Crippen molar-refractivity contribution >= 4 is 17.2 Å². The average Bonchev–Trinajstić information content (AvgIpc) is 2.29. The van der Waals surface area contributed by atoms with E-state index in [9.17, 15) is 0 Å². The van der Waals surface area contributed by atoms with Gasteiger partial charge in [-0.3, -0.25) is 0 Å². The number of nitrogens with one attached hydrogen (secondary N) is 1. The standard InChI is InChI=1S/C12H14ClN3/c13-12-2-1-11(15-16-12)10-4-8-3-9(5-10)7-14-6-8/h1-2,4,8-9,14H,3,5-7H2/t8-,9+/m1/s1. The first kappa shape index (κ1) is 10.2. The Morgan fingerprint density at radius 3 is 2.94 bits per heavy atom. The van der Waals surface area contributed by atoms with Gasteiger partial charge >= 0.3 is 0 Å². The zero-order valence-electron chi connectivity index (χ0n) is 8.99. The molecule has 0 unspecified atom stereocenters. The van der Waals surface area contributed by atoms with Crippen LogP contribution in [0, 0.1) is 11.8 Å². The van der Waals surface area contributed by atoms with Crippen molar-refractivity contribution in [1.29, 1.82) is 0 Å². The van der Waals surface area contributed by atoms with Gasteiger partial charge < -0.3 is 5.32 Å². The van der Waals surface area contributed by atoms with Crippen LogP contribution in [0.3, 0.4) is 0 Å². The molecule has 1 aliphatic heterocycles. The number of nitrogens with zero attached hydrogens (tertiary/aromatic N) is 2. The fourth-order valence-corrected chi connectivity index (χ4v) is 2.79. The van der Waals surface area contributed by atoms with Gasteiger partial charge in [-0.15, -0.1) is 10.2 Å². The molecule has 4 heteroatoms. The van der Waals surface area contributed by atoms with E-state index in [4.69, 9.17) is 11.6 Å². The minimum absolute atomic E-state index is 0.460. The molecule has 1 aromatic heterocycles. The second kappa shape index (κ2) is 4.15. The average molecular weight is 236 g/mol. The summed E-state index contributed by atoms with van der Waals surface area (Å²) in [6.07, 6.45) is 4.78. The van der Waals surface area contributed by atoms with Gasteiger partial charge in [-0.1, -0.05) is 17.7 Å². The van der Waals surface area contributed by atoms with Gasteiger partial charge in [-0.25, -0.2) is 0 Å². The minimum Gasteiger partial charge on any atom is -0.316 e. The minimum atomic E-state index is 0.460. The molecule has 1 N–H and O–H groups in total. The van der Waals surface area contributed by atoms with Gasteiger partial charge in [0.05, 0.1) is 5.69 Å². The van der Waals surface area contributed by atoms with Crippen molar-refractivity contribution in [2.24, 2.45) is 11.8 Å². The summed E-state index contributed by atoms with van der Waals surface area (Å²) in [6, 6.07) is 3.78. The normalized spacial score (nSPS) is 28.7. The molecule has 0 spiro atoms. The molecule has 84 valence electrons. The van der Waals surface area contributed by atoms with Crippen molar-refractivity contribution in [3.05, 3.63) is 29.1 Å². The second-order valence-electron chi connectivity index (χ2n) is 4.66. The Bertz CT molecular complexity index is 413. The van der Waals surface area contributed by atoms with Gasteiger partial charge in [0.1, 0.15) is 0 Å². The fourth-order valence-electron chi connectivity index (χ4n) is 2.69. The maximum atomic E-state index is 5.74. The Kier molecular flexibility index (Phi) is 2.65. The van der Waals surface area contributed by atoms with E-state index in [1.165, 1.54) is 12.0 Å². The molecule has 0 amide bonds. The highest BCUT2D eigenvalue weighted by Crippen LogP contribution is 2.34.